The number of amides is 1. The summed E-state index contributed by atoms with van der Waals surface area (Å²) in [5, 5.41) is 7.10. The molecule has 0 aliphatic carbocycles. The van der Waals surface area contributed by atoms with Crippen molar-refractivity contribution in [3.05, 3.63) is 35.5 Å². The molecule has 0 saturated heterocycles. The van der Waals surface area contributed by atoms with Crippen molar-refractivity contribution in [3.8, 4) is 0 Å². The number of benzene rings is 1. The van der Waals surface area contributed by atoms with Crippen molar-refractivity contribution in [1.82, 2.24) is 9.59 Å². The first-order chi connectivity index (χ1) is 8.58. The molecular formula is C11H10N4O2S. The Kier molecular flexibility index (Phi) is 3.33. The number of nitrogens with one attached hydrogen (secondary N) is 1. The molecule has 7 heteroatoms. The number of hydrogen-bond donors (Lipinski definition) is 2. The van der Waals surface area contributed by atoms with Gasteiger partial charge in [0.1, 0.15) is 5.00 Å². The molecule has 0 fully saturated rings. The standard InChI is InChI=1S/C11H10N4O2S/c1-6(16)7-2-4-8(5-3-7)13-11-9(10(12)17)14-15-18-11/h2-5,13H,1H3,(H2,12,17). The van der Waals surface area contributed by atoms with Crippen LogP contribution in [0.2, 0.25) is 0 Å². The highest BCUT2D eigenvalue weighted by molar-refractivity contribution is 7.10. The van der Waals surface area contributed by atoms with Gasteiger partial charge in [-0.25, -0.2) is 0 Å². The van der Waals surface area contributed by atoms with Crippen LogP contribution in [-0.4, -0.2) is 21.3 Å². The fourth-order valence-corrected chi connectivity index (χ4v) is 1.95. The molecule has 1 heterocycles. The molecule has 1 aromatic heterocycles. The number of ketones is 1. The second-order valence-corrected chi connectivity index (χ2v) is 4.33. The number of aromatic nitrogens is 2. The summed E-state index contributed by atoms with van der Waals surface area (Å²) in [6.45, 7) is 1.50. The van der Waals surface area contributed by atoms with Crippen LogP contribution in [0.3, 0.4) is 0 Å². The second-order valence-electron chi connectivity index (χ2n) is 3.57. The minimum atomic E-state index is -0.633. The predicted octanol–water partition coefficient (Wildman–Crippen LogP) is 1.58. The quantitative estimate of drug-likeness (QED) is 0.815. The Balaban J connectivity index is 2.21. The average molecular weight is 262 g/mol. The third-order valence-corrected chi connectivity index (χ3v) is 2.91. The molecule has 2 rings (SSSR count). The molecule has 3 N–H and O–H groups in total. The number of primary amides is 1. The van der Waals surface area contributed by atoms with Crippen molar-refractivity contribution < 1.29 is 9.59 Å². The molecule has 1 amide bonds. The van der Waals surface area contributed by atoms with Crippen LogP contribution in [0, 0.1) is 0 Å². The highest BCUT2D eigenvalue weighted by atomic mass is 32.1. The lowest BCUT2D eigenvalue weighted by Crippen LogP contribution is -2.13. The van der Waals surface area contributed by atoms with Gasteiger partial charge in [-0.15, -0.1) is 5.10 Å². The lowest BCUT2D eigenvalue weighted by molar-refractivity contribution is 0.0993. The van der Waals surface area contributed by atoms with Gasteiger partial charge < -0.3 is 11.1 Å². The van der Waals surface area contributed by atoms with E-state index in [-0.39, 0.29) is 11.5 Å². The molecule has 0 atom stereocenters. The van der Waals surface area contributed by atoms with E-state index in [2.05, 4.69) is 14.9 Å². The van der Waals surface area contributed by atoms with Gasteiger partial charge in [-0.05, 0) is 31.2 Å². The van der Waals surface area contributed by atoms with Gasteiger partial charge in [-0.1, -0.05) is 4.49 Å². The van der Waals surface area contributed by atoms with E-state index < -0.39 is 5.91 Å². The van der Waals surface area contributed by atoms with Crippen molar-refractivity contribution in [1.29, 1.82) is 0 Å². The van der Waals surface area contributed by atoms with E-state index >= 15 is 0 Å². The molecule has 0 bridgehead atoms. The number of nitrogens with zero attached hydrogens (tertiary/aromatic N) is 2. The SMILES string of the molecule is CC(=O)c1ccc(Nc2snnc2C(N)=O)cc1. The van der Waals surface area contributed by atoms with Crippen LogP contribution in [-0.2, 0) is 0 Å². The number of hydrogen-bond acceptors (Lipinski definition) is 6. The third kappa shape index (κ3) is 2.51. The first kappa shape index (κ1) is 12.2. The minimum absolute atomic E-state index is 0.00108. The molecule has 0 saturated carbocycles. The van der Waals surface area contributed by atoms with E-state index in [9.17, 15) is 9.59 Å². The lowest BCUT2D eigenvalue weighted by Gasteiger charge is -2.04. The molecule has 18 heavy (non-hydrogen) atoms. The van der Waals surface area contributed by atoms with E-state index in [1.54, 1.807) is 24.3 Å². The number of rotatable bonds is 4. The molecule has 2 aromatic rings. The number of carbonyl (C=O) groups is 2. The Labute approximate surface area is 107 Å². The fourth-order valence-electron chi connectivity index (χ4n) is 1.35. The Morgan fingerprint density at radius 2 is 1.94 bits per heavy atom. The van der Waals surface area contributed by atoms with E-state index in [1.165, 1.54) is 6.92 Å². The smallest absolute Gasteiger partial charge is 0.272 e. The second kappa shape index (κ2) is 4.92. The van der Waals surface area contributed by atoms with E-state index in [4.69, 9.17) is 5.73 Å². The monoisotopic (exact) mass is 262 g/mol. The van der Waals surface area contributed by atoms with Gasteiger partial charge in [0.15, 0.2) is 11.5 Å². The number of nitrogens with two attached hydrogens (primary N) is 1. The zero-order valence-electron chi connectivity index (χ0n) is 9.51. The molecule has 0 unspecified atom stereocenters. The van der Waals surface area contributed by atoms with Gasteiger partial charge in [0.05, 0.1) is 0 Å². The Morgan fingerprint density at radius 3 is 2.50 bits per heavy atom. The maximum absolute atomic E-state index is 11.1. The van der Waals surface area contributed by atoms with E-state index in [0.29, 0.717) is 10.6 Å². The van der Waals surface area contributed by atoms with Crippen molar-refractivity contribution in [2.24, 2.45) is 5.73 Å². The maximum Gasteiger partial charge on any atom is 0.272 e. The Morgan fingerprint density at radius 1 is 1.28 bits per heavy atom. The molecular weight excluding hydrogens is 252 g/mol. The van der Waals surface area contributed by atoms with Gasteiger partial charge in [-0.3, -0.25) is 9.59 Å². The van der Waals surface area contributed by atoms with Crippen LogP contribution < -0.4 is 11.1 Å². The van der Waals surface area contributed by atoms with Crippen LogP contribution in [0.25, 0.3) is 0 Å². The van der Waals surface area contributed by atoms with Crippen LogP contribution in [0.15, 0.2) is 24.3 Å². The van der Waals surface area contributed by atoms with Gasteiger partial charge in [-0.2, -0.15) is 0 Å². The molecule has 0 aliphatic heterocycles. The summed E-state index contributed by atoms with van der Waals surface area (Å²) < 4.78 is 3.66. The summed E-state index contributed by atoms with van der Waals surface area (Å²) in [7, 11) is 0. The van der Waals surface area contributed by atoms with Crippen LogP contribution in [0.4, 0.5) is 10.7 Å². The van der Waals surface area contributed by atoms with Crippen molar-refractivity contribution in [2.75, 3.05) is 5.32 Å². The predicted molar refractivity (Wildman–Crippen MR) is 68.2 cm³/mol. The minimum Gasteiger partial charge on any atom is -0.364 e. The summed E-state index contributed by atoms with van der Waals surface area (Å²) in [6.07, 6.45) is 0. The van der Waals surface area contributed by atoms with Crippen molar-refractivity contribution in [2.45, 2.75) is 6.92 Å². The number of carbonyl (C=O) groups excluding carboxylic acids is 2. The molecule has 92 valence electrons. The molecule has 0 spiro atoms. The number of Topliss-reactive ketones (excluding diaryl/α,β-unsaturated/α-hetero) is 1. The van der Waals surface area contributed by atoms with Gasteiger partial charge >= 0.3 is 0 Å². The van der Waals surface area contributed by atoms with Crippen LogP contribution in [0.5, 0.6) is 0 Å². The zero-order chi connectivity index (χ0) is 13.1. The van der Waals surface area contributed by atoms with Crippen LogP contribution >= 0.6 is 11.5 Å². The molecule has 1 aromatic carbocycles. The first-order valence-corrected chi connectivity index (χ1v) is 5.85. The topological polar surface area (TPSA) is 98.0 Å². The normalized spacial score (nSPS) is 10.1. The number of anilines is 2. The summed E-state index contributed by atoms with van der Waals surface area (Å²) in [6, 6.07) is 6.87. The highest BCUT2D eigenvalue weighted by Crippen LogP contribution is 2.23. The summed E-state index contributed by atoms with van der Waals surface area (Å²) in [5.74, 6) is -0.634. The zero-order valence-corrected chi connectivity index (χ0v) is 10.3. The van der Waals surface area contributed by atoms with Gasteiger partial charge in [0.2, 0.25) is 0 Å². The fraction of sp³-hybridized carbons (Fsp3) is 0.0909. The lowest BCUT2D eigenvalue weighted by atomic mass is 10.1. The van der Waals surface area contributed by atoms with Crippen LogP contribution in [0.1, 0.15) is 27.8 Å². The summed E-state index contributed by atoms with van der Waals surface area (Å²) in [5.41, 5.74) is 6.62. The van der Waals surface area contributed by atoms with E-state index in [0.717, 1.165) is 17.2 Å². The Bertz CT molecular complexity index is 591. The summed E-state index contributed by atoms with van der Waals surface area (Å²) >= 11 is 1.04. The molecule has 0 radical (unpaired) electrons. The first-order valence-electron chi connectivity index (χ1n) is 5.08. The van der Waals surface area contributed by atoms with Gasteiger partial charge in [0.25, 0.3) is 5.91 Å². The Hall–Kier alpha value is -2.28. The molecule has 6 nitrogen and oxygen atoms in total. The summed E-state index contributed by atoms with van der Waals surface area (Å²) in [4.78, 5) is 22.2. The molecule has 0 aliphatic rings. The largest absolute Gasteiger partial charge is 0.364 e. The third-order valence-electron chi connectivity index (χ3n) is 2.27. The van der Waals surface area contributed by atoms with E-state index in [1.807, 2.05) is 0 Å². The van der Waals surface area contributed by atoms with Crippen molar-refractivity contribution >= 4 is 33.9 Å². The highest BCUT2D eigenvalue weighted by Gasteiger charge is 2.13. The van der Waals surface area contributed by atoms with Crippen molar-refractivity contribution in [3.63, 3.8) is 0 Å². The van der Waals surface area contributed by atoms with Gasteiger partial charge in [0, 0.05) is 22.8 Å². The average Bonchev–Trinajstić information content (AvgIpc) is 2.78. The maximum atomic E-state index is 11.1.